The molecule has 0 amide bonds. The van der Waals surface area contributed by atoms with Gasteiger partial charge in [-0.25, -0.2) is 0 Å². The maximum atomic E-state index is 6.22. The number of para-hydroxylation sites is 2. The van der Waals surface area contributed by atoms with E-state index in [0.717, 1.165) is 44.4 Å². The van der Waals surface area contributed by atoms with Gasteiger partial charge < -0.3 is 9.73 Å². The molecule has 0 radical (unpaired) electrons. The number of nitrogens with one attached hydrogen (secondary N) is 1. The molecule has 0 fully saturated rings. The SMILES string of the molecule is c1ccc(-c2ccc(-c3ccc(Nc4ccc(-c5cccc6c5oc5ccccc56)cc4)cc3)cc2)cc1. The van der Waals surface area contributed by atoms with Crippen molar-refractivity contribution < 1.29 is 4.42 Å². The summed E-state index contributed by atoms with van der Waals surface area (Å²) in [5.74, 6) is 0. The Hall–Kier alpha value is -5.08. The highest BCUT2D eigenvalue weighted by Gasteiger charge is 2.11. The minimum Gasteiger partial charge on any atom is -0.455 e. The lowest BCUT2D eigenvalue weighted by atomic mass is 10.0. The van der Waals surface area contributed by atoms with Crippen molar-refractivity contribution in [2.45, 2.75) is 0 Å². The van der Waals surface area contributed by atoms with Crippen molar-refractivity contribution in [3.05, 3.63) is 146 Å². The molecule has 180 valence electrons. The second-order valence-electron chi connectivity index (χ2n) is 9.50. The molecule has 7 rings (SSSR count). The average molecular weight is 488 g/mol. The van der Waals surface area contributed by atoms with Crippen LogP contribution in [0, 0.1) is 0 Å². The zero-order valence-electron chi connectivity index (χ0n) is 20.8. The van der Waals surface area contributed by atoms with Gasteiger partial charge in [-0.05, 0) is 58.1 Å². The van der Waals surface area contributed by atoms with Gasteiger partial charge in [0.2, 0.25) is 0 Å². The van der Waals surface area contributed by atoms with Crippen molar-refractivity contribution in [3.8, 4) is 33.4 Å². The van der Waals surface area contributed by atoms with E-state index >= 15 is 0 Å². The molecule has 0 saturated heterocycles. The molecule has 0 atom stereocenters. The maximum Gasteiger partial charge on any atom is 0.143 e. The Morgan fingerprint density at radius 2 is 0.868 bits per heavy atom. The molecule has 6 aromatic carbocycles. The smallest absolute Gasteiger partial charge is 0.143 e. The number of furan rings is 1. The van der Waals surface area contributed by atoms with E-state index in [-0.39, 0.29) is 0 Å². The van der Waals surface area contributed by atoms with Gasteiger partial charge in [-0.3, -0.25) is 0 Å². The molecule has 0 spiro atoms. The van der Waals surface area contributed by atoms with Gasteiger partial charge >= 0.3 is 0 Å². The van der Waals surface area contributed by atoms with E-state index in [0.29, 0.717) is 0 Å². The van der Waals surface area contributed by atoms with Crippen LogP contribution >= 0.6 is 0 Å². The molecule has 0 aliphatic heterocycles. The Morgan fingerprint density at radius 3 is 1.53 bits per heavy atom. The Kier molecular flexibility index (Phi) is 5.49. The summed E-state index contributed by atoms with van der Waals surface area (Å²) in [7, 11) is 0. The van der Waals surface area contributed by atoms with Gasteiger partial charge in [0.1, 0.15) is 11.2 Å². The third-order valence-electron chi connectivity index (χ3n) is 7.10. The van der Waals surface area contributed by atoms with E-state index < -0.39 is 0 Å². The van der Waals surface area contributed by atoms with Crippen LogP contribution in [0.25, 0.3) is 55.3 Å². The van der Waals surface area contributed by atoms with Gasteiger partial charge in [0.05, 0.1) is 0 Å². The lowest BCUT2D eigenvalue weighted by molar-refractivity contribution is 0.670. The molecule has 2 heteroatoms. The summed E-state index contributed by atoms with van der Waals surface area (Å²) >= 11 is 0. The van der Waals surface area contributed by atoms with Gasteiger partial charge in [-0.15, -0.1) is 0 Å². The van der Waals surface area contributed by atoms with Crippen LogP contribution in [0.15, 0.2) is 150 Å². The van der Waals surface area contributed by atoms with Gasteiger partial charge in [-0.1, -0.05) is 115 Å². The monoisotopic (exact) mass is 487 g/mol. The topological polar surface area (TPSA) is 25.2 Å². The number of hydrogen-bond acceptors (Lipinski definition) is 2. The van der Waals surface area contributed by atoms with Gasteiger partial charge in [0, 0.05) is 27.7 Å². The largest absolute Gasteiger partial charge is 0.455 e. The summed E-state index contributed by atoms with van der Waals surface area (Å²) in [5.41, 5.74) is 11.1. The summed E-state index contributed by atoms with van der Waals surface area (Å²) in [6.45, 7) is 0. The maximum absolute atomic E-state index is 6.22. The highest BCUT2D eigenvalue weighted by Crippen LogP contribution is 2.36. The van der Waals surface area contributed by atoms with Crippen molar-refractivity contribution in [2.24, 2.45) is 0 Å². The van der Waals surface area contributed by atoms with Crippen LogP contribution in [0.2, 0.25) is 0 Å². The van der Waals surface area contributed by atoms with Gasteiger partial charge in [0.25, 0.3) is 0 Å². The summed E-state index contributed by atoms with van der Waals surface area (Å²) < 4.78 is 6.22. The Balaban J connectivity index is 1.09. The lowest BCUT2D eigenvalue weighted by Gasteiger charge is -2.10. The van der Waals surface area contributed by atoms with Crippen molar-refractivity contribution >= 4 is 33.3 Å². The Labute approximate surface area is 221 Å². The summed E-state index contributed by atoms with van der Waals surface area (Å²) in [6, 6.07) is 50.9. The van der Waals surface area contributed by atoms with Gasteiger partial charge in [0.15, 0.2) is 0 Å². The molecule has 1 N–H and O–H groups in total. The highest BCUT2D eigenvalue weighted by atomic mass is 16.3. The summed E-state index contributed by atoms with van der Waals surface area (Å²) in [6.07, 6.45) is 0. The molecule has 0 aliphatic carbocycles. The third kappa shape index (κ3) is 4.12. The predicted molar refractivity (Wildman–Crippen MR) is 160 cm³/mol. The minimum atomic E-state index is 0.920. The van der Waals surface area contributed by atoms with Crippen LogP contribution in [0.1, 0.15) is 0 Å². The average Bonchev–Trinajstić information content (AvgIpc) is 3.38. The van der Waals surface area contributed by atoms with Crippen LogP contribution in [0.4, 0.5) is 11.4 Å². The standard InChI is InChI=1S/C36H25NO/c1-2-7-25(8-3-1)26-13-15-27(16-14-26)28-17-21-30(22-18-28)37-31-23-19-29(20-24-31)32-10-6-11-34-33-9-4-5-12-35(33)38-36(32)34/h1-24,37H. The first-order chi connectivity index (χ1) is 18.8. The molecule has 0 aliphatic rings. The lowest BCUT2D eigenvalue weighted by Crippen LogP contribution is -1.90. The fourth-order valence-electron chi connectivity index (χ4n) is 5.11. The molecule has 0 saturated carbocycles. The van der Waals surface area contributed by atoms with E-state index in [2.05, 4.69) is 133 Å². The molecule has 0 bridgehead atoms. The molecular weight excluding hydrogens is 462 g/mol. The first-order valence-electron chi connectivity index (χ1n) is 12.9. The Morgan fingerprint density at radius 1 is 0.368 bits per heavy atom. The van der Waals surface area contributed by atoms with E-state index in [1.165, 1.54) is 22.3 Å². The normalized spacial score (nSPS) is 11.2. The first-order valence-corrected chi connectivity index (χ1v) is 12.9. The van der Waals surface area contributed by atoms with Crippen LogP contribution in [0.5, 0.6) is 0 Å². The number of rotatable bonds is 5. The fourth-order valence-corrected chi connectivity index (χ4v) is 5.11. The summed E-state index contributed by atoms with van der Waals surface area (Å²) in [5, 5.41) is 5.83. The quantitative estimate of drug-likeness (QED) is 0.261. The van der Waals surface area contributed by atoms with Crippen molar-refractivity contribution in [1.82, 2.24) is 0 Å². The molecule has 2 nitrogen and oxygen atoms in total. The minimum absolute atomic E-state index is 0.920. The second-order valence-corrected chi connectivity index (χ2v) is 9.50. The third-order valence-corrected chi connectivity index (χ3v) is 7.10. The van der Waals surface area contributed by atoms with E-state index in [4.69, 9.17) is 4.42 Å². The van der Waals surface area contributed by atoms with Crippen molar-refractivity contribution in [1.29, 1.82) is 0 Å². The fraction of sp³-hybridized carbons (Fsp3) is 0. The van der Waals surface area contributed by atoms with E-state index in [1.807, 2.05) is 18.2 Å². The van der Waals surface area contributed by atoms with Crippen LogP contribution in [-0.4, -0.2) is 0 Å². The van der Waals surface area contributed by atoms with Crippen LogP contribution in [0.3, 0.4) is 0 Å². The highest BCUT2D eigenvalue weighted by molar-refractivity contribution is 6.09. The van der Waals surface area contributed by atoms with Crippen LogP contribution < -0.4 is 5.32 Å². The molecular formula is C36H25NO. The van der Waals surface area contributed by atoms with E-state index in [1.54, 1.807) is 0 Å². The second kappa shape index (κ2) is 9.42. The molecule has 7 aromatic rings. The molecule has 1 heterocycles. The molecule has 0 unspecified atom stereocenters. The van der Waals surface area contributed by atoms with Crippen molar-refractivity contribution in [2.75, 3.05) is 5.32 Å². The van der Waals surface area contributed by atoms with Crippen molar-refractivity contribution in [3.63, 3.8) is 0 Å². The number of benzene rings is 6. The number of anilines is 2. The van der Waals surface area contributed by atoms with Gasteiger partial charge in [-0.2, -0.15) is 0 Å². The number of hydrogen-bond donors (Lipinski definition) is 1. The first kappa shape index (κ1) is 22.1. The zero-order valence-corrected chi connectivity index (χ0v) is 20.8. The Bertz CT molecular complexity index is 1850. The van der Waals surface area contributed by atoms with Crippen LogP contribution in [-0.2, 0) is 0 Å². The molecule has 1 aromatic heterocycles. The van der Waals surface area contributed by atoms with E-state index in [9.17, 15) is 0 Å². The zero-order chi connectivity index (χ0) is 25.3. The summed E-state index contributed by atoms with van der Waals surface area (Å²) in [4.78, 5) is 0. The molecule has 38 heavy (non-hydrogen) atoms. The predicted octanol–water partition coefficient (Wildman–Crippen LogP) is 10.3. The number of fused-ring (bicyclic) bond motifs is 3.